The van der Waals surface area contributed by atoms with Crippen LogP contribution in [0.5, 0.6) is 5.75 Å². The lowest BCUT2D eigenvalue weighted by atomic mass is 9.97. The molecule has 0 unspecified atom stereocenters. The zero-order chi connectivity index (χ0) is 21.1. The molecule has 0 fully saturated rings. The monoisotopic (exact) mass is 388 g/mol. The number of carboxylic acids is 1. The van der Waals surface area contributed by atoms with Gasteiger partial charge >= 0.3 is 5.97 Å². The second-order valence-corrected chi connectivity index (χ2v) is 7.12. The molecule has 2 aromatic carbocycles. The van der Waals surface area contributed by atoms with E-state index in [4.69, 9.17) is 5.11 Å². The number of nitrogens with zero attached hydrogens (tertiary/aromatic N) is 2. The Bertz CT molecular complexity index is 1140. The van der Waals surface area contributed by atoms with E-state index in [-0.39, 0.29) is 24.1 Å². The second-order valence-electron chi connectivity index (χ2n) is 7.12. The van der Waals surface area contributed by atoms with Crippen LogP contribution in [0.1, 0.15) is 54.2 Å². The Morgan fingerprint density at radius 3 is 2.31 bits per heavy atom. The zero-order valence-electron chi connectivity index (χ0n) is 16.1. The van der Waals surface area contributed by atoms with Crippen molar-refractivity contribution in [1.82, 2.24) is 4.98 Å². The van der Waals surface area contributed by atoms with Crippen molar-refractivity contribution in [3.05, 3.63) is 59.3 Å². The molecule has 0 aliphatic carbocycles. The molecule has 1 aromatic heterocycles. The van der Waals surface area contributed by atoms with Crippen LogP contribution in [-0.4, -0.2) is 26.9 Å². The number of carbonyl (C=O) groups is 2. The van der Waals surface area contributed by atoms with Gasteiger partial charge in [-0.2, -0.15) is 5.26 Å². The van der Waals surface area contributed by atoms with E-state index in [2.05, 4.69) is 31.0 Å². The van der Waals surface area contributed by atoms with Gasteiger partial charge in [-0.1, -0.05) is 50.2 Å². The molecule has 3 aromatic rings. The van der Waals surface area contributed by atoms with Gasteiger partial charge in [0.05, 0.1) is 11.9 Å². The molecule has 0 saturated carbocycles. The summed E-state index contributed by atoms with van der Waals surface area (Å²) in [6.45, 7) is 4.24. The molecule has 0 saturated heterocycles. The highest BCUT2D eigenvalue weighted by Crippen LogP contribution is 2.32. The average Bonchev–Trinajstić information content (AvgIpc) is 2.71. The highest BCUT2D eigenvalue weighted by atomic mass is 16.4. The van der Waals surface area contributed by atoms with E-state index in [0.717, 1.165) is 11.1 Å². The summed E-state index contributed by atoms with van der Waals surface area (Å²) in [5.74, 6) is -1.83. The third-order valence-electron chi connectivity index (χ3n) is 4.81. The number of Topliss-reactive ketones (excluding diaryl/α,β-unsaturated/α-hetero) is 1. The van der Waals surface area contributed by atoms with Crippen molar-refractivity contribution in [2.75, 3.05) is 0 Å². The number of pyridine rings is 1. The zero-order valence-corrected chi connectivity index (χ0v) is 16.1. The first-order valence-corrected chi connectivity index (χ1v) is 9.24. The van der Waals surface area contributed by atoms with Crippen molar-refractivity contribution in [1.29, 1.82) is 5.26 Å². The second kappa shape index (κ2) is 8.11. The van der Waals surface area contributed by atoms with E-state index in [1.54, 1.807) is 12.1 Å². The highest BCUT2D eigenvalue weighted by Gasteiger charge is 2.20. The molecule has 0 bridgehead atoms. The minimum atomic E-state index is -1.12. The summed E-state index contributed by atoms with van der Waals surface area (Å²) >= 11 is 0. The first-order valence-electron chi connectivity index (χ1n) is 9.24. The van der Waals surface area contributed by atoms with Crippen LogP contribution in [-0.2, 0) is 4.79 Å². The normalized spacial score (nSPS) is 10.8. The maximum absolute atomic E-state index is 12.3. The Kier molecular flexibility index (Phi) is 5.60. The number of hydrogen-bond acceptors (Lipinski definition) is 5. The van der Waals surface area contributed by atoms with Crippen LogP contribution < -0.4 is 0 Å². The summed E-state index contributed by atoms with van der Waals surface area (Å²) in [6, 6.07) is 15.3. The van der Waals surface area contributed by atoms with Crippen LogP contribution in [0.15, 0.2) is 42.5 Å². The molecule has 0 atom stereocenters. The van der Waals surface area contributed by atoms with Gasteiger partial charge in [0.2, 0.25) is 0 Å². The van der Waals surface area contributed by atoms with E-state index in [1.807, 2.05) is 24.3 Å². The van der Waals surface area contributed by atoms with Gasteiger partial charge in [-0.25, -0.2) is 4.98 Å². The molecule has 0 amide bonds. The van der Waals surface area contributed by atoms with E-state index in [9.17, 15) is 20.0 Å². The van der Waals surface area contributed by atoms with Gasteiger partial charge in [-0.05, 0) is 28.7 Å². The van der Waals surface area contributed by atoms with Crippen molar-refractivity contribution >= 4 is 22.7 Å². The number of nitriles is 1. The third kappa shape index (κ3) is 4.09. The number of rotatable bonds is 6. The lowest BCUT2D eigenvalue weighted by Gasteiger charge is -2.10. The van der Waals surface area contributed by atoms with E-state index < -0.39 is 17.5 Å². The Morgan fingerprint density at radius 2 is 1.72 bits per heavy atom. The van der Waals surface area contributed by atoms with E-state index >= 15 is 0 Å². The number of fused-ring (bicyclic) bond motifs is 1. The first kappa shape index (κ1) is 20.0. The van der Waals surface area contributed by atoms with Crippen molar-refractivity contribution in [3.63, 3.8) is 0 Å². The molecule has 0 aliphatic heterocycles. The van der Waals surface area contributed by atoms with Gasteiger partial charge in [0.15, 0.2) is 11.5 Å². The summed E-state index contributed by atoms with van der Waals surface area (Å²) < 4.78 is 0. The number of aromatic hydroxyl groups is 1. The summed E-state index contributed by atoms with van der Waals surface area (Å²) in [5.41, 5.74) is 3.11. The van der Waals surface area contributed by atoms with Crippen LogP contribution in [0.3, 0.4) is 0 Å². The van der Waals surface area contributed by atoms with Gasteiger partial charge in [-0.3, -0.25) is 9.59 Å². The van der Waals surface area contributed by atoms with E-state index in [0.29, 0.717) is 16.8 Å². The average molecular weight is 388 g/mol. The topological polar surface area (TPSA) is 111 Å². The molecule has 0 aliphatic rings. The third-order valence-corrected chi connectivity index (χ3v) is 4.81. The minimum absolute atomic E-state index is 0.0459. The molecule has 3 rings (SSSR count). The molecule has 6 heteroatoms. The predicted molar refractivity (Wildman–Crippen MR) is 109 cm³/mol. The fraction of sp³-hybridized carbons (Fsp3) is 0.217. The van der Waals surface area contributed by atoms with Gasteiger partial charge in [0, 0.05) is 11.8 Å². The number of benzene rings is 2. The lowest BCUT2D eigenvalue weighted by Crippen LogP contribution is -2.07. The molecule has 2 N–H and O–H groups in total. The fourth-order valence-corrected chi connectivity index (χ4v) is 3.14. The largest absolute Gasteiger partial charge is 0.504 e. The number of aromatic nitrogens is 1. The maximum Gasteiger partial charge on any atom is 0.303 e. The Morgan fingerprint density at radius 1 is 1.07 bits per heavy atom. The van der Waals surface area contributed by atoms with E-state index in [1.165, 1.54) is 5.56 Å². The molecular formula is C23H20N2O4. The smallest absolute Gasteiger partial charge is 0.303 e. The van der Waals surface area contributed by atoms with Crippen LogP contribution in [0.2, 0.25) is 0 Å². The first-order chi connectivity index (χ1) is 13.8. The molecule has 0 spiro atoms. The molecular weight excluding hydrogens is 368 g/mol. The quantitative estimate of drug-likeness (QED) is 0.595. The fourth-order valence-electron chi connectivity index (χ4n) is 3.14. The van der Waals surface area contributed by atoms with Crippen molar-refractivity contribution < 1.29 is 19.8 Å². The molecule has 6 nitrogen and oxygen atoms in total. The molecule has 1 heterocycles. The number of carbonyl (C=O) groups excluding carboxylic acids is 1. The summed E-state index contributed by atoms with van der Waals surface area (Å²) in [5, 5.41) is 29.0. The Hall–Kier alpha value is -3.72. The molecule has 0 radical (unpaired) electrons. The van der Waals surface area contributed by atoms with Gasteiger partial charge in [0.25, 0.3) is 0 Å². The minimum Gasteiger partial charge on any atom is -0.504 e. The molecule has 29 heavy (non-hydrogen) atoms. The van der Waals surface area contributed by atoms with Crippen molar-refractivity contribution in [2.24, 2.45) is 0 Å². The summed E-state index contributed by atoms with van der Waals surface area (Å²) in [6.07, 6.45) is -0.676. The van der Waals surface area contributed by atoms with Crippen LogP contribution >= 0.6 is 0 Å². The maximum atomic E-state index is 12.3. The van der Waals surface area contributed by atoms with Crippen molar-refractivity contribution in [3.8, 4) is 22.9 Å². The number of carboxylic acid groups (broad SMARTS) is 1. The lowest BCUT2D eigenvalue weighted by molar-refractivity contribution is -0.136. The SMILES string of the molecule is CC(C)c1ccc(-c2ccc3c(C#N)c(O)c(C(=O)CCC(=O)O)nc3c2)cc1. The molecule has 146 valence electrons. The number of aliphatic carboxylic acids is 1. The Balaban J connectivity index is 2.09. The van der Waals surface area contributed by atoms with Crippen LogP contribution in [0.4, 0.5) is 0 Å². The standard InChI is InChI=1S/C23H20N2O4/c1-13(2)14-3-5-15(6-4-14)16-7-8-17-18(12-24)23(29)22(25-19(17)11-16)20(26)9-10-21(27)28/h3-8,11,13,29H,9-10H2,1-2H3,(H,27,28). The summed E-state index contributed by atoms with van der Waals surface area (Å²) in [4.78, 5) is 27.3. The number of hydrogen-bond donors (Lipinski definition) is 2. The van der Waals surface area contributed by atoms with Gasteiger partial charge in [0.1, 0.15) is 17.3 Å². The van der Waals surface area contributed by atoms with Crippen LogP contribution in [0, 0.1) is 11.3 Å². The predicted octanol–water partition coefficient (Wildman–Crippen LogP) is 4.65. The highest BCUT2D eigenvalue weighted by molar-refractivity contribution is 6.02. The Labute approximate surface area is 168 Å². The van der Waals surface area contributed by atoms with Gasteiger partial charge in [-0.15, -0.1) is 0 Å². The van der Waals surface area contributed by atoms with Crippen molar-refractivity contribution in [2.45, 2.75) is 32.6 Å². The summed E-state index contributed by atoms with van der Waals surface area (Å²) in [7, 11) is 0. The van der Waals surface area contributed by atoms with Gasteiger partial charge < -0.3 is 10.2 Å². The number of ketones is 1. The van der Waals surface area contributed by atoms with Crippen LogP contribution in [0.25, 0.3) is 22.0 Å².